The first-order chi connectivity index (χ1) is 9.29. The molecular formula is C17H16O2. The second-order valence-electron chi connectivity index (χ2n) is 4.63. The van der Waals surface area contributed by atoms with Crippen LogP contribution in [0.1, 0.15) is 30.1 Å². The molecule has 3 aromatic rings. The minimum Gasteiger partial charge on any atom is -0.463 e. The molecule has 96 valence electrons. The highest BCUT2D eigenvalue weighted by molar-refractivity contribution is 5.86. The number of aryl methyl sites for hydroxylation is 1. The van der Waals surface area contributed by atoms with E-state index in [1.165, 1.54) is 0 Å². The summed E-state index contributed by atoms with van der Waals surface area (Å²) in [5.74, 6) is 1.50. The van der Waals surface area contributed by atoms with Gasteiger partial charge >= 0.3 is 0 Å². The predicted octanol–water partition coefficient (Wildman–Crippen LogP) is 4.08. The molecular weight excluding hydrogens is 236 g/mol. The Morgan fingerprint density at radius 3 is 2.58 bits per heavy atom. The molecule has 3 rings (SSSR count). The van der Waals surface area contributed by atoms with E-state index in [4.69, 9.17) is 4.42 Å². The Balaban J connectivity index is 2.08. The van der Waals surface area contributed by atoms with Crippen LogP contribution in [0.3, 0.4) is 0 Å². The monoisotopic (exact) mass is 252 g/mol. The normalized spacial score (nSPS) is 12.7. The first kappa shape index (κ1) is 12.0. The van der Waals surface area contributed by atoms with Crippen LogP contribution in [0.25, 0.3) is 10.8 Å². The van der Waals surface area contributed by atoms with Crippen LogP contribution in [0, 0.1) is 0 Å². The lowest BCUT2D eigenvalue weighted by atomic mass is 9.99. The number of aliphatic hydroxyl groups excluding tert-OH is 1. The fourth-order valence-electron chi connectivity index (χ4n) is 2.37. The van der Waals surface area contributed by atoms with Crippen molar-refractivity contribution in [3.8, 4) is 0 Å². The third-order valence-corrected chi connectivity index (χ3v) is 3.42. The third-order valence-electron chi connectivity index (χ3n) is 3.42. The van der Waals surface area contributed by atoms with Gasteiger partial charge in [-0.3, -0.25) is 0 Å². The highest BCUT2D eigenvalue weighted by atomic mass is 16.4. The third kappa shape index (κ3) is 2.15. The molecule has 0 aliphatic carbocycles. The average Bonchev–Trinajstić information content (AvgIpc) is 2.95. The van der Waals surface area contributed by atoms with E-state index in [2.05, 4.69) is 0 Å². The van der Waals surface area contributed by atoms with Gasteiger partial charge in [-0.2, -0.15) is 0 Å². The van der Waals surface area contributed by atoms with Crippen molar-refractivity contribution in [1.29, 1.82) is 0 Å². The maximum atomic E-state index is 10.5. The van der Waals surface area contributed by atoms with Crippen LogP contribution in [0.4, 0.5) is 0 Å². The Labute approximate surface area is 112 Å². The van der Waals surface area contributed by atoms with Crippen molar-refractivity contribution >= 4 is 10.8 Å². The quantitative estimate of drug-likeness (QED) is 0.762. The molecule has 2 heteroatoms. The number of fused-ring (bicyclic) bond motifs is 1. The minimum absolute atomic E-state index is 0.605. The van der Waals surface area contributed by atoms with Crippen LogP contribution in [-0.2, 0) is 6.42 Å². The number of rotatable bonds is 3. The molecule has 0 aliphatic rings. The molecule has 1 unspecified atom stereocenters. The Bertz CT molecular complexity index is 692. The average molecular weight is 252 g/mol. The second-order valence-corrected chi connectivity index (χ2v) is 4.63. The summed E-state index contributed by atoms with van der Waals surface area (Å²) in [6.07, 6.45) is 0.119. The molecule has 0 aliphatic heterocycles. The van der Waals surface area contributed by atoms with Gasteiger partial charge in [0, 0.05) is 6.42 Å². The van der Waals surface area contributed by atoms with Crippen molar-refractivity contribution in [2.45, 2.75) is 19.4 Å². The van der Waals surface area contributed by atoms with Crippen LogP contribution in [0.15, 0.2) is 59.0 Å². The standard InChI is InChI=1S/C17H16O2/c1-2-13-10-11-16(19-13)17(18)15-9-5-7-12-6-3-4-8-14(12)15/h3-11,17-18H,2H2,1H3. The zero-order valence-electron chi connectivity index (χ0n) is 10.8. The maximum Gasteiger partial charge on any atom is 0.137 e. The van der Waals surface area contributed by atoms with E-state index in [0.29, 0.717) is 5.76 Å². The van der Waals surface area contributed by atoms with E-state index in [1.54, 1.807) is 0 Å². The number of benzene rings is 2. The van der Waals surface area contributed by atoms with Crippen molar-refractivity contribution in [1.82, 2.24) is 0 Å². The van der Waals surface area contributed by atoms with Crippen LogP contribution < -0.4 is 0 Å². The van der Waals surface area contributed by atoms with Gasteiger partial charge in [0.1, 0.15) is 17.6 Å². The molecule has 0 radical (unpaired) electrons. The van der Waals surface area contributed by atoms with Crippen LogP contribution in [0.5, 0.6) is 0 Å². The topological polar surface area (TPSA) is 33.4 Å². The van der Waals surface area contributed by atoms with Crippen molar-refractivity contribution in [2.24, 2.45) is 0 Å². The lowest BCUT2D eigenvalue weighted by Crippen LogP contribution is -1.98. The van der Waals surface area contributed by atoms with Gasteiger partial charge in [-0.1, -0.05) is 49.4 Å². The van der Waals surface area contributed by atoms with Crippen LogP contribution in [0.2, 0.25) is 0 Å². The van der Waals surface area contributed by atoms with Gasteiger partial charge in [0.15, 0.2) is 0 Å². The molecule has 19 heavy (non-hydrogen) atoms. The summed E-state index contributed by atoms with van der Waals surface area (Å²) >= 11 is 0. The van der Waals surface area contributed by atoms with Gasteiger partial charge in [-0.15, -0.1) is 0 Å². The summed E-state index contributed by atoms with van der Waals surface area (Å²) in [5.41, 5.74) is 0.884. The molecule has 1 atom stereocenters. The maximum absolute atomic E-state index is 10.5. The first-order valence-corrected chi connectivity index (χ1v) is 6.54. The van der Waals surface area contributed by atoms with Crippen molar-refractivity contribution in [2.75, 3.05) is 0 Å². The molecule has 0 amide bonds. The molecule has 0 spiro atoms. The van der Waals surface area contributed by atoms with Crippen LogP contribution >= 0.6 is 0 Å². The zero-order valence-corrected chi connectivity index (χ0v) is 10.8. The molecule has 2 aromatic carbocycles. The Hall–Kier alpha value is -2.06. The van der Waals surface area contributed by atoms with E-state index in [-0.39, 0.29) is 0 Å². The van der Waals surface area contributed by atoms with E-state index < -0.39 is 6.10 Å². The molecule has 0 bridgehead atoms. The van der Waals surface area contributed by atoms with Crippen molar-refractivity contribution in [3.05, 3.63) is 71.7 Å². The van der Waals surface area contributed by atoms with Gasteiger partial charge in [-0.25, -0.2) is 0 Å². The zero-order chi connectivity index (χ0) is 13.2. The van der Waals surface area contributed by atoms with Gasteiger partial charge in [0.05, 0.1) is 0 Å². The highest BCUT2D eigenvalue weighted by Crippen LogP contribution is 2.29. The fraction of sp³-hybridized carbons (Fsp3) is 0.176. The molecule has 1 heterocycles. The van der Waals surface area contributed by atoms with E-state index in [1.807, 2.05) is 61.5 Å². The van der Waals surface area contributed by atoms with Crippen molar-refractivity contribution in [3.63, 3.8) is 0 Å². The van der Waals surface area contributed by atoms with Gasteiger partial charge in [-0.05, 0) is 28.5 Å². The van der Waals surface area contributed by atoms with E-state index in [0.717, 1.165) is 28.5 Å². The summed E-state index contributed by atoms with van der Waals surface area (Å²) in [6.45, 7) is 2.03. The van der Waals surface area contributed by atoms with Gasteiger partial charge < -0.3 is 9.52 Å². The van der Waals surface area contributed by atoms with Gasteiger partial charge in [0.2, 0.25) is 0 Å². The molecule has 0 fully saturated rings. The number of hydrogen-bond acceptors (Lipinski definition) is 2. The SMILES string of the molecule is CCc1ccc(C(O)c2cccc3ccccc23)o1. The summed E-state index contributed by atoms with van der Waals surface area (Å²) in [6, 6.07) is 17.8. The largest absolute Gasteiger partial charge is 0.463 e. The van der Waals surface area contributed by atoms with Crippen LogP contribution in [-0.4, -0.2) is 5.11 Å². The lowest BCUT2D eigenvalue weighted by Gasteiger charge is -2.11. The summed E-state index contributed by atoms with van der Waals surface area (Å²) < 4.78 is 5.65. The lowest BCUT2D eigenvalue weighted by molar-refractivity contribution is 0.188. The fourth-order valence-corrected chi connectivity index (χ4v) is 2.37. The summed E-state index contributed by atoms with van der Waals surface area (Å²) in [5, 5.41) is 12.7. The predicted molar refractivity (Wildman–Crippen MR) is 76.1 cm³/mol. The smallest absolute Gasteiger partial charge is 0.137 e. The number of hydrogen-bond donors (Lipinski definition) is 1. The Kier molecular flexibility index (Phi) is 3.10. The minimum atomic E-state index is -0.716. The van der Waals surface area contributed by atoms with E-state index in [9.17, 15) is 5.11 Å². The van der Waals surface area contributed by atoms with E-state index >= 15 is 0 Å². The Morgan fingerprint density at radius 1 is 1.00 bits per heavy atom. The Morgan fingerprint density at radius 2 is 1.79 bits per heavy atom. The highest BCUT2D eigenvalue weighted by Gasteiger charge is 2.16. The summed E-state index contributed by atoms with van der Waals surface area (Å²) in [4.78, 5) is 0. The molecule has 1 N–H and O–H groups in total. The molecule has 2 nitrogen and oxygen atoms in total. The first-order valence-electron chi connectivity index (χ1n) is 6.54. The number of furan rings is 1. The summed E-state index contributed by atoms with van der Waals surface area (Å²) in [7, 11) is 0. The number of aliphatic hydroxyl groups is 1. The molecule has 0 saturated heterocycles. The second kappa shape index (κ2) is 4.90. The molecule has 1 aromatic heterocycles. The van der Waals surface area contributed by atoms with Crippen molar-refractivity contribution < 1.29 is 9.52 Å². The van der Waals surface area contributed by atoms with Gasteiger partial charge in [0.25, 0.3) is 0 Å². The molecule has 0 saturated carbocycles.